The number of hydrogen-bond donors (Lipinski definition) is 1. The number of pyridine rings is 1. The van der Waals surface area contributed by atoms with E-state index in [0.717, 1.165) is 6.07 Å². The Hall–Kier alpha value is -1.56. The molecular weight excluding hydrogens is 309 g/mol. The molecule has 0 radical (unpaired) electrons. The lowest BCUT2D eigenvalue weighted by molar-refractivity contribution is 0.490. The normalized spacial score (nSPS) is 10.4. The number of aromatic nitrogens is 1. The van der Waals surface area contributed by atoms with Gasteiger partial charge in [-0.3, -0.25) is 0 Å². The van der Waals surface area contributed by atoms with E-state index >= 15 is 0 Å². The third-order valence-corrected chi connectivity index (χ3v) is 2.77. The molecular formula is C12H8BrF3N2. The molecule has 1 aromatic carbocycles. The van der Waals surface area contributed by atoms with Crippen LogP contribution in [0, 0.1) is 17.5 Å². The van der Waals surface area contributed by atoms with Gasteiger partial charge in [-0.25, -0.2) is 18.2 Å². The Kier molecular flexibility index (Phi) is 3.86. The number of nitrogens with zero attached hydrogens (tertiary/aromatic N) is 1. The molecule has 1 aromatic heterocycles. The molecule has 0 aliphatic carbocycles. The van der Waals surface area contributed by atoms with Crippen molar-refractivity contribution in [2.45, 2.75) is 6.54 Å². The van der Waals surface area contributed by atoms with Crippen LogP contribution in [0.2, 0.25) is 0 Å². The minimum Gasteiger partial charge on any atom is -0.380 e. The van der Waals surface area contributed by atoms with Crippen molar-refractivity contribution in [2.24, 2.45) is 0 Å². The van der Waals surface area contributed by atoms with Crippen molar-refractivity contribution in [2.75, 3.05) is 5.32 Å². The quantitative estimate of drug-likeness (QED) is 0.686. The zero-order chi connectivity index (χ0) is 13.1. The molecule has 0 spiro atoms. The van der Waals surface area contributed by atoms with Crippen LogP contribution in [0.4, 0.5) is 18.9 Å². The van der Waals surface area contributed by atoms with Crippen LogP contribution in [0.5, 0.6) is 0 Å². The summed E-state index contributed by atoms with van der Waals surface area (Å²) in [6.07, 6.45) is 1.54. The highest BCUT2D eigenvalue weighted by Crippen LogP contribution is 2.16. The highest BCUT2D eigenvalue weighted by Gasteiger charge is 2.09. The maximum Gasteiger partial charge on any atom is 0.161 e. The van der Waals surface area contributed by atoms with Crippen molar-refractivity contribution < 1.29 is 13.2 Å². The lowest BCUT2D eigenvalue weighted by Gasteiger charge is -2.07. The van der Waals surface area contributed by atoms with Crippen LogP contribution in [-0.2, 0) is 6.54 Å². The van der Waals surface area contributed by atoms with Crippen LogP contribution in [0.25, 0.3) is 0 Å². The lowest BCUT2D eigenvalue weighted by Crippen LogP contribution is -2.03. The third kappa shape index (κ3) is 3.01. The number of nitrogens with one attached hydrogen (secondary N) is 1. The second kappa shape index (κ2) is 5.39. The monoisotopic (exact) mass is 316 g/mol. The average molecular weight is 317 g/mol. The summed E-state index contributed by atoms with van der Waals surface area (Å²) >= 11 is 3.18. The van der Waals surface area contributed by atoms with Crippen LogP contribution in [0.3, 0.4) is 0 Å². The van der Waals surface area contributed by atoms with Gasteiger partial charge in [-0.05, 0) is 34.1 Å². The molecule has 0 saturated carbocycles. The largest absolute Gasteiger partial charge is 0.380 e. The molecule has 0 saturated heterocycles. The molecule has 2 rings (SSSR count). The molecule has 0 fully saturated rings. The Labute approximate surface area is 110 Å². The Morgan fingerprint density at radius 1 is 1.06 bits per heavy atom. The van der Waals surface area contributed by atoms with Crippen molar-refractivity contribution in [3.05, 3.63) is 58.1 Å². The molecule has 0 bridgehead atoms. The maximum absolute atomic E-state index is 13.3. The van der Waals surface area contributed by atoms with E-state index in [0.29, 0.717) is 16.4 Å². The summed E-state index contributed by atoms with van der Waals surface area (Å²) in [6.45, 7) is 0.0480. The number of anilines is 1. The van der Waals surface area contributed by atoms with E-state index in [2.05, 4.69) is 26.2 Å². The molecule has 2 nitrogen and oxygen atoms in total. The molecule has 18 heavy (non-hydrogen) atoms. The summed E-state index contributed by atoms with van der Waals surface area (Å²) in [6, 6.07) is 4.81. The molecule has 1 N–H and O–H groups in total. The van der Waals surface area contributed by atoms with Crippen molar-refractivity contribution in [1.29, 1.82) is 0 Å². The van der Waals surface area contributed by atoms with Gasteiger partial charge in [0.15, 0.2) is 11.6 Å². The molecule has 6 heteroatoms. The molecule has 0 aliphatic heterocycles. The van der Waals surface area contributed by atoms with Crippen LogP contribution in [0.1, 0.15) is 5.56 Å². The predicted molar refractivity (Wildman–Crippen MR) is 65.6 cm³/mol. The van der Waals surface area contributed by atoms with Crippen molar-refractivity contribution in [3.63, 3.8) is 0 Å². The Morgan fingerprint density at radius 3 is 2.44 bits per heavy atom. The first kappa shape index (κ1) is 12.9. The first-order valence-electron chi connectivity index (χ1n) is 5.05. The summed E-state index contributed by atoms with van der Waals surface area (Å²) in [5.41, 5.74) is 0.708. The van der Waals surface area contributed by atoms with Gasteiger partial charge in [0, 0.05) is 18.2 Å². The van der Waals surface area contributed by atoms with Gasteiger partial charge in [0.1, 0.15) is 10.4 Å². The summed E-state index contributed by atoms with van der Waals surface area (Å²) in [5.74, 6) is -3.05. The van der Waals surface area contributed by atoms with E-state index in [-0.39, 0.29) is 12.1 Å². The smallest absolute Gasteiger partial charge is 0.161 e. The van der Waals surface area contributed by atoms with Gasteiger partial charge in [-0.15, -0.1) is 0 Å². The molecule has 0 atom stereocenters. The fourth-order valence-corrected chi connectivity index (χ4v) is 1.61. The van der Waals surface area contributed by atoms with Crippen LogP contribution in [0.15, 0.2) is 35.1 Å². The minimum atomic E-state index is -1.19. The topological polar surface area (TPSA) is 24.9 Å². The zero-order valence-electron chi connectivity index (χ0n) is 9.05. The molecule has 0 amide bonds. The first-order valence-corrected chi connectivity index (χ1v) is 5.84. The van der Waals surface area contributed by atoms with Crippen LogP contribution in [-0.4, -0.2) is 4.98 Å². The van der Waals surface area contributed by atoms with E-state index < -0.39 is 17.5 Å². The van der Waals surface area contributed by atoms with E-state index in [4.69, 9.17) is 0 Å². The molecule has 0 aliphatic rings. The fraction of sp³-hybridized carbons (Fsp3) is 0.0833. The number of hydrogen-bond acceptors (Lipinski definition) is 2. The third-order valence-electron chi connectivity index (χ3n) is 2.30. The van der Waals surface area contributed by atoms with E-state index in [9.17, 15) is 13.2 Å². The molecule has 1 heterocycles. The number of rotatable bonds is 3. The van der Waals surface area contributed by atoms with Gasteiger partial charge in [0.2, 0.25) is 0 Å². The van der Waals surface area contributed by atoms with Crippen molar-refractivity contribution in [3.8, 4) is 0 Å². The van der Waals surface area contributed by atoms with Crippen LogP contribution < -0.4 is 5.32 Å². The van der Waals surface area contributed by atoms with Gasteiger partial charge < -0.3 is 5.32 Å². The molecule has 2 aromatic rings. The standard InChI is InChI=1S/C12H8BrF3N2/c13-12-2-1-8(6-18-12)17-5-7-3-10(15)11(16)4-9(7)14/h1-4,6,17H,5H2. The maximum atomic E-state index is 13.3. The number of benzene rings is 1. The second-order valence-electron chi connectivity index (χ2n) is 3.58. The average Bonchev–Trinajstić information content (AvgIpc) is 2.34. The molecule has 0 unspecified atom stereocenters. The second-order valence-corrected chi connectivity index (χ2v) is 4.39. The highest BCUT2D eigenvalue weighted by atomic mass is 79.9. The van der Waals surface area contributed by atoms with Gasteiger partial charge in [-0.1, -0.05) is 0 Å². The summed E-state index contributed by atoms with van der Waals surface area (Å²) in [5, 5.41) is 2.86. The summed E-state index contributed by atoms with van der Waals surface area (Å²) in [7, 11) is 0. The Balaban J connectivity index is 2.10. The minimum absolute atomic E-state index is 0.0480. The zero-order valence-corrected chi connectivity index (χ0v) is 10.6. The Morgan fingerprint density at radius 2 is 1.78 bits per heavy atom. The number of halogens is 4. The van der Waals surface area contributed by atoms with Gasteiger partial charge in [0.25, 0.3) is 0 Å². The van der Waals surface area contributed by atoms with E-state index in [1.54, 1.807) is 18.3 Å². The first-order chi connectivity index (χ1) is 8.56. The highest BCUT2D eigenvalue weighted by molar-refractivity contribution is 9.10. The molecule has 94 valence electrons. The predicted octanol–water partition coefficient (Wildman–Crippen LogP) is 3.87. The lowest BCUT2D eigenvalue weighted by atomic mass is 10.2. The van der Waals surface area contributed by atoms with Crippen LogP contribution >= 0.6 is 15.9 Å². The van der Waals surface area contributed by atoms with Gasteiger partial charge >= 0.3 is 0 Å². The summed E-state index contributed by atoms with van der Waals surface area (Å²) < 4.78 is 39.7. The van der Waals surface area contributed by atoms with Gasteiger partial charge in [0.05, 0.1) is 11.9 Å². The summed E-state index contributed by atoms with van der Waals surface area (Å²) in [4.78, 5) is 3.97. The fourth-order valence-electron chi connectivity index (χ4n) is 1.38. The Bertz CT molecular complexity index is 558. The SMILES string of the molecule is Fc1cc(F)c(CNc2ccc(Br)nc2)cc1F. The van der Waals surface area contributed by atoms with E-state index in [1.807, 2.05) is 0 Å². The van der Waals surface area contributed by atoms with Gasteiger partial charge in [-0.2, -0.15) is 0 Å². The van der Waals surface area contributed by atoms with Crippen molar-refractivity contribution in [1.82, 2.24) is 4.98 Å². The van der Waals surface area contributed by atoms with E-state index in [1.165, 1.54) is 0 Å². The van der Waals surface area contributed by atoms with Crippen molar-refractivity contribution >= 4 is 21.6 Å².